The lowest BCUT2D eigenvalue weighted by Crippen LogP contribution is -2.47. The SMILES string of the molecule is CC1CCN(C(=O)Nc2cc(C(C)(C)C)on2)CC1O. The molecule has 2 atom stereocenters. The fourth-order valence-electron chi connectivity index (χ4n) is 2.11. The van der Waals surface area contributed by atoms with Gasteiger partial charge in [-0.05, 0) is 12.3 Å². The van der Waals surface area contributed by atoms with Crippen molar-refractivity contribution in [3.8, 4) is 0 Å². The molecule has 0 aromatic carbocycles. The number of carbonyl (C=O) groups is 1. The smallest absolute Gasteiger partial charge is 0.323 e. The molecular weight excluding hydrogens is 258 g/mol. The normalized spacial score (nSPS) is 23.8. The number of nitrogens with zero attached hydrogens (tertiary/aromatic N) is 2. The van der Waals surface area contributed by atoms with Gasteiger partial charge in [-0.15, -0.1) is 0 Å². The third-order valence-electron chi connectivity index (χ3n) is 3.69. The van der Waals surface area contributed by atoms with Crippen LogP contribution in [-0.2, 0) is 5.41 Å². The molecule has 1 saturated heterocycles. The predicted molar refractivity (Wildman–Crippen MR) is 75.6 cm³/mol. The first kappa shape index (κ1) is 14.8. The maximum atomic E-state index is 12.1. The average Bonchev–Trinajstić information content (AvgIpc) is 2.81. The molecule has 0 radical (unpaired) electrons. The number of anilines is 1. The van der Waals surface area contributed by atoms with Crippen LogP contribution in [0.2, 0.25) is 0 Å². The Kier molecular flexibility index (Phi) is 4.04. The fraction of sp³-hybridized carbons (Fsp3) is 0.714. The Morgan fingerprint density at radius 2 is 2.25 bits per heavy atom. The number of aromatic nitrogens is 1. The Morgan fingerprint density at radius 3 is 2.80 bits per heavy atom. The van der Waals surface area contributed by atoms with Crippen LogP contribution in [0, 0.1) is 5.92 Å². The van der Waals surface area contributed by atoms with Gasteiger partial charge in [-0.2, -0.15) is 0 Å². The molecule has 20 heavy (non-hydrogen) atoms. The zero-order valence-corrected chi connectivity index (χ0v) is 12.5. The Balaban J connectivity index is 1.96. The summed E-state index contributed by atoms with van der Waals surface area (Å²) in [5.41, 5.74) is -0.146. The summed E-state index contributed by atoms with van der Waals surface area (Å²) in [7, 11) is 0. The number of hydrogen-bond donors (Lipinski definition) is 2. The van der Waals surface area contributed by atoms with E-state index in [0.29, 0.717) is 18.9 Å². The third kappa shape index (κ3) is 3.30. The van der Waals surface area contributed by atoms with E-state index in [1.807, 2.05) is 27.7 Å². The van der Waals surface area contributed by atoms with E-state index in [9.17, 15) is 9.90 Å². The van der Waals surface area contributed by atoms with Crippen LogP contribution in [0.5, 0.6) is 0 Å². The van der Waals surface area contributed by atoms with E-state index in [2.05, 4.69) is 10.5 Å². The summed E-state index contributed by atoms with van der Waals surface area (Å²) in [6.45, 7) is 9.04. The summed E-state index contributed by atoms with van der Waals surface area (Å²) in [4.78, 5) is 13.7. The van der Waals surface area contributed by atoms with Gasteiger partial charge in [0.15, 0.2) is 5.82 Å². The summed E-state index contributed by atoms with van der Waals surface area (Å²) in [6.07, 6.45) is 0.345. The number of hydrogen-bond acceptors (Lipinski definition) is 4. The molecule has 2 heterocycles. The first-order valence-electron chi connectivity index (χ1n) is 6.98. The molecular formula is C14H23N3O3. The van der Waals surface area contributed by atoms with Gasteiger partial charge in [-0.1, -0.05) is 32.9 Å². The quantitative estimate of drug-likeness (QED) is 0.827. The molecule has 2 unspecified atom stereocenters. The second-order valence-corrected chi connectivity index (χ2v) is 6.54. The summed E-state index contributed by atoms with van der Waals surface area (Å²) >= 11 is 0. The van der Waals surface area contributed by atoms with Gasteiger partial charge in [0.1, 0.15) is 5.76 Å². The van der Waals surface area contributed by atoms with E-state index in [1.165, 1.54) is 0 Å². The lowest BCUT2D eigenvalue weighted by molar-refractivity contribution is 0.0463. The van der Waals surface area contributed by atoms with Gasteiger partial charge in [0.2, 0.25) is 0 Å². The number of amides is 2. The van der Waals surface area contributed by atoms with Crippen molar-refractivity contribution in [3.63, 3.8) is 0 Å². The minimum absolute atomic E-state index is 0.146. The summed E-state index contributed by atoms with van der Waals surface area (Å²) < 4.78 is 5.22. The highest BCUT2D eigenvalue weighted by molar-refractivity contribution is 5.88. The second-order valence-electron chi connectivity index (χ2n) is 6.54. The molecule has 2 N–H and O–H groups in total. The van der Waals surface area contributed by atoms with Gasteiger partial charge < -0.3 is 14.5 Å². The maximum absolute atomic E-state index is 12.1. The minimum Gasteiger partial charge on any atom is -0.391 e. The third-order valence-corrected chi connectivity index (χ3v) is 3.69. The lowest BCUT2D eigenvalue weighted by atomic mass is 9.93. The molecule has 1 aromatic rings. The molecule has 0 spiro atoms. The van der Waals surface area contributed by atoms with Crippen molar-refractivity contribution in [1.82, 2.24) is 10.1 Å². The molecule has 0 bridgehead atoms. The Hall–Kier alpha value is -1.56. The molecule has 1 aliphatic rings. The number of urea groups is 1. The number of carbonyl (C=O) groups excluding carboxylic acids is 1. The zero-order valence-electron chi connectivity index (χ0n) is 12.5. The molecule has 112 valence electrons. The van der Waals surface area contributed by atoms with E-state index in [1.54, 1.807) is 11.0 Å². The minimum atomic E-state index is -0.461. The van der Waals surface area contributed by atoms with Gasteiger partial charge >= 0.3 is 6.03 Å². The number of aliphatic hydroxyl groups excluding tert-OH is 1. The van der Waals surface area contributed by atoms with Crippen LogP contribution >= 0.6 is 0 Å². The topological polar surface area (TPSA) is 78.6 Å². The van der Waals surface area contributed by atoms with E-state index >= 15 is 0 Å². The van der Waals surface area contributed by atoms with Gasteiger partial charge in [0, 0.05) is 24.6 Å². The number of rotatable bonds is 1. The van der Waals surface area contributed by atoms with E-state index < -0.39 is 6.10 Å². The van der Waals surface area contributed by atoms with Crippen LogP contribution in [0.3, 0.4) is 0 Å². The van der Waals surface area contributed by atoms with Crippen molar-refractivity contribution >= 4 is 11.8 Å². The van der Waals surface area contributed by atoms with Gasteiger partial charge in [0.05, 0.1) is 6.10 Å². The van der Waals surface area contributed by atoms with Gasteiger partial charge in [-0.25, -0.2) is 4.79 Å². The predicted octanol–water partition coefficient (Wildman–Crippen LogP) is 2.21. The molecule has 2 amide bonds. The monoisotopic (exact) mass is 281 g/mol. The first-order chi connectivity index (χ1) is 9.27. The molecule has 1 aromatic heterocycles. The van der Waals surface area contributed by atoms with Crippen LogP contribution in [0.4, 0.5) is 10.6 Å². The fourth-order valence-corrected chi connectivity index (χ4v) is 2.11. The van der Waals surface area contributed by atoms with Gasteiger partial charge in [-0.3, -0.25) is 5.32 Å². The molecule has 2 rings (SSSR count). The van der Waals surface area contributed by atoms with Crippen molar-refractivity contribution in [1.29, 1.82) is 0 Å². The average molecular weight is 281 g/mol. The molecule has 0 saturated carbocycles. The largest absolute Gasteiger partial charge is 0.391 e. The zero-order chi connectivity index (χ0) is 14.9. The Labute approximate surface area is 119 Å². The standard InChI is InChI=1S/C14H23N3O3/c1-9-5-6-17(8-10(9)18)13(19)15-12-7-11(20-16-12)14(2,3)4/h7,9-10,18H,5-6,8H2,1-4H3,(H,15,16,19). The molecule has 1 aliphatic heterocycles. The maximum Gasteiger partial charge on any atom is 0.323 e. The summed E-state index contributed by atoms with van der Waals surface area (Å²) in [5, 5.41) is 16.4. The molecule has 6 nitrogen and oxygen atoms in total. The summed E-state index contributed by atoms with van der Waals surface area (Å²) in [6, 6.07) is 1.49. The van der Waals surface area contributed by atoms with E-state index in [4.69, 9.17) is 4.52 Å². The molecule has 6 heteroatoms. The van der Waals surface area contributed by atoms with E-state index in [-0.39, 0.29) is 17.4 Å². The van der Waals surface area contributed by atoms with E-state index in [0.717, 1.165) is 12.2 Å². The van der Waals surface area contributed by atoms with Gasteiger partial charge in [0.25, 0.3) is 0 Å². The highest BCUT2D eigenvalue weighted by Gasteiger charge is 2.28. The van der Waals surface area contributed by atoms with Crippen LogP contribution in [0.15, 0.2) is 10.6 Å². The van der Waals surface area contributed by atoms with Crippen LogP contribution in [-0.4, -0.2) is 40.4 Å². The highest BCUT2D eigenvalue weighted by Crippen LogP contribution is 2.25. The molecule has 1 fully saturated rings. The first-order valence-corrected chi connectivity index (χ1v) is 6.98. The van der Waals surface area contributed by atoms with Crippen LogP contribution in [0.1, 0.15) is 39.9 Å². The second kappa shape index (κ2) is 5.44. The van der Waals surface area contributed by atoms with Crippen molar-refractivity contribution in [2.75, 3.05) is 18.4 Å². The van der Waals surface area contributed by atoms with Crippen molar-refractivity contribution in [2.45, 2.75) is 45.6 Å². The van der Waals surface area contributed by atoms with Crippen LogP contribution < -0.4 is 5.32 Å². The van der Waals surface area contributed by atoms with Crippen molar-refractivity contribution < 1.29 is 14.4 Å². The lowest BCUT2D eigenvalue weighted by Gasteiger charge is -2.33. The number of β-amino-alcohol motifs (C(OH)–C–C–N with tert-alkyl or cyclic N) is 1. The van der Waals surface area contributed by atoms with Crippen LogP contribution in [0.25, 0.3) is 0 Å². The number of piperidine rings is 1. The molecule has 0 aliphatic carbocycles. The number of likely N-dealkylation sites (tertiary alicyclic amines) is 1. The highest BCUT2D eigenvalue weighted by atomic mass is 16.5. The van der Waals surface area contributed by atoms with Crippen molar-refractivity contribution in [2.24, 2.45) is 5.92 Å². The Bertz CT molecular complexity index is 478. The Morgan fingerprint density at radius 1 is 1.55 bits per heavy atom. The summed E-state index contributed by atoms with van der Waals surface area (Å²) in [5.74, 6) is 1.37. The van der Waals surface area contributed by atoms with Crippen molar-refractivity contribution in [3.05, 3.63) is 11.8 Å². The number of nitrogens with one attached hydrogen (secondary N) is 1. The number of aliphatic hydroxyl groups is 1.